The number of sulfone groups is 1. The van der Waals surface area contributed by atoms with Gasteiger partial charge in [0, 0.05) is 37.8 Å². The van der Waals surface area contributed by atoms with E-state index in [0.29, 0.717) is 37.0 Å². The van der Waals surface area contributed by atoms with E-state index in [1.54, 1.807) is 18.3 Å². The van der Waals surface area contributed by atoms with Gasteiger partial charge in [-0.2, -0.15) is 5.26 Å². The molecule has 1 atom stereocenters. The molecule has 1 aromatic carbocycles. The molecule has 0 radical (unpaired) electrons. The van der Waals surface area contributed by atoms with Crippen LogP contribution < -0.4 is 9.80 Å². The van der Waals surface area contributed by atoms with Gasteiger partial charge >= 0.3 is 0 Å². The van der Waals surface area contributed by atoms with Crippen LogP contribution in [0.4, 0.5) is 16.0 Å². The van der Waals surface area contributed by atoms with Crippen molar-refractivity contribution < 1.29 is 12.8 Å². The van der Waals surface area contributed by atoms with E-state index in [1.165, 1.54) is 12.1 Å². The van der Waals surface area contributed by atoms with Crippen molar-refractivity contribution in [1.29, 1.82) is 5.26 Å². The molecule has 7 nitrogen and oxygen atoms in total. The summed E-state index contributed by atoms with van der Waals surface area (Å²) in [6.07, 6.45) is 2.58. The van der Waals surface area contributed by atoms with Gasteiger partial charge in [0.05, 0.1) is 6.04 Å². The van der Waals surface area contributed by atoms with Crippen LogP contribution in [0.2, 0.25) is 0 Å². The molecule has 0 saturated carbocycles. The van der Waals surface area contributed by atoms with E-state index in [9.17, 15) is 12.8 Å². The summed E-state index contributed by atoms with van der Waals surface area (Å²) in [5.41, 5.74) is 0.977. The monoisotopic (exact) mass is 403 g/mol. The maximum atomic E-state index is 13.9. The van der Waals surface area contributed by atoms with Gasteiger partial charge in [0.15, 0.2) is 9.84 Å². The van der Waals surface area contributed by atoms with Gasteiger partial charge < -0.3 is 9.80 Å². The van der Waals surface area contributed by atoms with Crippen molar-refractivity contribution in [3.63, 3.8) is 0 Å². The lowest BCUT2D eigenvalue weighted by atomic mass is 9.99. The quantitative estimate of drug-likeness (QED) is 0.773. The first-order chi connectivity index (χ1) is 13.2. The zero-order valence-corrected chi connectivity index (χ0v) is 16.8. The van der Waals surface area contributed by atoms with E-state index in [4.69, 9.17) is 5.26 Å². The summed E-state index contributed by atoms with van der Waals surface area (Å²) in [7, 11) is -3.65. The Morgan fingerprint density at radius 1 is 1.29 bits per heavy atom. The van der Waals surface area contributed by atoms with Crippen LogP contribution in [0.5, 0.6) is 0 Å². The number of rotatable bonds is 4. The van der Waals surface area contributed by atoms with Crippen LogP contribution in [-0.4, -0.2) is 50.3 Å². The van der Waals surface area contributed by atoms with Crippen molar-refractivity contribution in [2.24, 2.45) is 5.92 Å². The van der Waals surface area contributed by atoms with Gasteiger partial charge in [0.2, 0.25) is 5.95 Å². The average Bonchev–Trinajstić information content (AvgIpc) is 2.67. The number of hydrogen-bond donors (Lipinski definition) is 0. The highest BCUT2D eigenvalue weighted by molar-refractivity contribution is 7.90. The Hall–Kier alpha value is -2.73. The lowest BCUT2D eigenvalue weighted by molar-refractivity contribution is 0.413. The van der Waals surface area contributed by atoms with Crippen LogP contribution in [0.3, 0.4) is 0 Å². The molecule has 148 valence electrons. The van der Waals surface area contributed by atoms with Gasteiger partial charge in [-0.25, -0.2) is 22.8 Å². The third-order valence-electron chi connectivity index (χ3n) is 4.88. The normalized spacial score (nSPS) is 17.6. The second-order valence-electron chi connectivity index (χ2n) is 7.19. The van der Waals surface area contributed by atoms with Crippen molar-refractivity contribution in [3.8, 4) is 6.07 Å². The molecular formula is C19H22FN5O2S. The second-order valence-corrected chi connectivity index (χ2v) is 9.18. The van der Waals surface area contributed by atoms with Crippen LogP contribution in [0, 0.1) is 23.1 Å². The molecule has 0 spiro atoms. The summed E-state index contributed by atoms with van der Waals surface area (Å²) < 4.78 is 37.6. The molecule has 0 bridgehead atoms. The molecule has 9 heteroatoms. The number of anilines is 2. The van der Waals surface area contributed by atoms with Gasteiger partial charge in [-0.3, -0.25) is 0 Å². The van der Waals surface area contributed by atoms with E-state index in [-0.39, 0.29) is 16.9 Å². The summed E-state index contributed by atoms with van der Waals surface area (Å²) >= 11 is 0. The van der Waals surface area contributed by atoms with Crippen molar-refractivity contribution in [3.05, 3.63) is 42.0 Å². The molecule has 2 aromatic rings. The molecular weight excluding hydrogens is 381 g/mol. The van der Waals surface area contributed by atoms with Gasteiger partial charge in [0.1, 0.15) is 22.5 Å². The summed E-state index contributed by atoms with van der Waals surface area (Å²) in [4.78, 5) is 12.4. The van der Waals surface area contributed by atoms with Crippen molar-refractivity contribution in [2.75, 3.05) is 35.7 Å². The molecule has 0 aliphatic carbocycles. The smallest absolute Gasteiger partial charge is 0.226 e. The molecule has 28 heavy (non-hydrogen) atoms. The fraction of sp³-hybridized carbons (Fsp3) is 0.421. The zero-order valence-electron chi connectivity index (χ0n) is 16.0. The summed E-state index contributed by atoms with van der Waals surface area (Å²) in [5.74, 6) is 0.0207. The van der Waals surface area contributed by atoms with Gasteiger partial charge in [0.25, 0.3) is 0 Å². The van der Waals surface area contributed by atoms with Crippen LogP contribution in [-0.2, 0) is 9.84 Å². The fourth-order valence-electron chi connectivity index (χ4n) is 3.39. The van der Waals surface area contributed by atoms with E-state index in [0.717, 1.165) is 6.26 Å². The van der Waals surface area contributed by atoms with Crippen molar-refractivity contribution >= 4 is 21.5 Å². The lowest BCUT2D eigenvalue weighted by Crippen LogP contribution is -2.56. The van der Waals surface area contributed by atoms with E-state index in [1.807, 2.05) is 11.0 Å². The number of benzene rings is 1. The van der Waals surface area contributed by atoms with Crippen LogP contribution in [0.25, 0.3) is 0 Å². The molecule has 1 aliphatic heterocycles. The predicted octanol–water partition coefficient (Wildman–Crippen LogP) is 2.24. The van der Waals surface area contributed by atoms with Gasteiger partial charge in [-0.1, -0.05) is 13.8 Å². The van der Waals surface area contributed by atoms with Crippen LogP contribution in [0.15, 0.2) is 35.4 Å². The molecule has 2 heterocycles. The average molecular weight is 403 g/mol. The molecule has 1 saturated heterocycles. The number of nitriles is 1. The first-order valence-electron chi connectivity index (χ1n) is 8.95. The number of aromatic nitrogens is 2. The molecule has 1 aliphatic rings. The SMILES string of the molecule is CC(C)[C@@H]1CN(c2ccc(F)c(S(C)(=O)=O)c2)CCN1c1nccc(C#N)n1. The minimum absolute atomic E-state index is 0.0504. The molecule has 0 N–H and O–H groups in total. The Labute approximate surface area is 164 Å². The maximum absolute atomic E-state index is 13.9. The molecule has 1 fully saturated rings. The number of halogens is 1. The first-order valence-corrected chi connectivity index (χ1v) is 10.8. The summed E-state index contributed by atoms with van der Waals surface area (Å²) in [6, 6.07) is 7.84. The highest BCUT2D eigenvalue weighted by atomic mass is 32.2. The Kier molecular flexibility index (Phi) is 5.52. The van der Waals surface area contributed by atoms with Gasteiger partial charge in [-0.15, -0.1) is 0 Å². The zero-order chi connectivity index (χ0) is 20.5. The van der Waals surface area contributed by atoms with E-state index in [2.05, 4.69) is 28.7 Å². The molecule has 3 rings (SSSR count). The Morgan fingerprint density at radius 3 is 2.68 bits per heavy atom. The minimum Gasteiger partial charge on any atom is -0.368 e. The molecule has 1 aromatic heterocycles. The number of hydrogen-bond acceptors (Lipinski definition) is 7. The van der Waals surface area contributed by atoms with E-state index >= 15 is 0 Å². The summed E-state index contributed by atoms with van der Waals surface area (Å²) in [6.45, 7) is 5.97. The largest absolute Gasteiger partial charge is 0.368 e. The second kappa shape index (κ2) is 7.72. The third kappa shape index (κ3) is 4.07. The number of nitrogens with zero attached hydrogens (tertiary/aromatic N) is 5. The van der Waals surface area contributed by atoms with E-state index < -0.39 is 15.7 Å². The predicted molar refractivity (Wildman–Crippen MR) is 104 cm³/mol. The summed E-state index contributed by atoms with van der Waals surface area (Å²) in [5, 5.41) is 9.09. The fourth-order valence-corrected chi connectivity index (χ4v) is 4.14. The Bertz CT molecular complexity index is 1020. The van der Waals surface area contributed by atoms with Gasteiger partial charge in [-0.05, 0) is 30.2 Å². The third-order valence-corrected chi connectivity index (χ3v) is 5.99. The highest BCUT2D eigenvalue weighted by Gasteiger charge is 2.31. The van der Waals surface area contributed by atoms with Crippen molar-refractivity contribution in [1.82, 2.24) is 9.97 Å². The first kappa shape index (κ1) is 20.0. The Balaban J connectivity index is 1.90. The molecule has 0 unspecified atom stereocenters. The highest BCUT2D eigenvalue weighted by Crippen LogP contribution is 2.28. The minimum atomic E-state index is -3.65. The number of piperazine rings is 1. The topological polar surface area (TPSA) is 90.2 Å². The van der Waals surface area contributed by atoms with Crippen LogP contribution >= 0.6 is 0 Å². The van der Waals surface area contributed by atoms with Crippen molar-refractivity contribution in [2.45, 2.75) is 24.8 Å². The Morgan fingerprint density at radius 2 is 2.04 bits per heavy atom. The lowest BCUT2D eigenvalue weighted by Gasteiger charge is -2.44. The standard InChI is InChI=1S/C19H22FN5O2S/c1-13(2)17-12-24(15-4-5-16(20)18(10-15)28(3,26)27)8-9-25(17)19-22-7-6-14(11-21)23-19/h4-7,10,13,17H,8-9,12H2,1-3H3/t17-/m0/s1. The van der Waals surface area contributed by atoms with Crippen LogP contribution in [0.1, 0.15) is 19.5 Å². The maximum Gasteiger partial charge on any atom is 0.226 e. The molecule has 0 amide bonds.